The Balaban J connectivity index is 1.63. The van der Waals surface area contributed by atoms with Gasteiger partial charge in [0.25, 0.3) is 0 Å². The molecule has 0 aliphatic heterocycles. The zero-order valence-electron chi connectivity index (χ0n) is 13.3. The van der Waals surface area contributed by atoms with E-state index in [1.54, 1.807) is 11.1 Å². The van der Waals surface area contributed by atoms with E-state index < -0.39 is 0 Å². The average Bonchev–Trinajstić information content (AvgIpc) is 2.83. The summed E-state index contributed by atoms with van der Waals surface area (Å²) in [6.45, 7) is 2.49. The van der Waals surface area contributed by atoms with Gasteiger partial charge < -0.3 is 5.11 Å². The molecule has 4 aliphatic rings. The van der Waals surface area contributed by atoms with E-state index >= 15 is 0 Å². The molecule has 4 rings (SSSR count). The van der Waals surface area contributed by atoms with E-state index in [1.165, 1.54) is 44.9 Å². The summed E-state index contributed by atoms with van der Waals surface area (Å²) in [5, 5.41) is 9.95. The first kappa shape index (κ1) is 13.9. The second kappa shape index (κ2) is 4.88. The summed E-state index contributed by atoms with van der Waals surface area (Å²) in [6, 6.07) is 0. The maximum Gasteiger partial charge on any atom is 0.0580 e. The molecule has 3 unspecified atom stereocenters. The van der Waals surface area contributed by atoms with Crippen LogP contribution in [0.25, 0.3) is 0 Å². The van der Waals surface area contributed by atoms with E-state index in [9.17, 15) is 5.11 Å². The lowest BCUT2D eigenvalue weighted by molar-refractivity contribution is 0.0230. The highest BCUT2D eigenvalue weighted by Crippen LogP contribution is 2.62. The van der Waals surface area contributed by atoms with Crippen LogP contribution in [-0.4, -0.2) is 11.2 Å². The van der Waals surface area contributed by atoms with Crippen LogP contribution < -0.4 is 0 Å². The molecule has 0 heterocycles. The van der Waals surface area contributed by atoms with Crippen LogP contribution in [0.2, 0.25) is 0 Å². The van der Waals surface area contributed by atoms with Crippen LogP contribution in [0.15, 0.2) is 11.1 Å². The van der Waals surface area contributed by atoms with E-state index in [0.717, 1.165) is 30.6 Å². The molecule has 0 bridgehead atoms. The van der Waals surface area contributed by atoms with Crippen molar-refractivity contribution in [1.82, 2.24) is 0 Å². The molecular formula is C20H28O. The summed E-state index contributed by atoms with van der Waals surface area (Å²) in [5.41, 5.74) is 3.81. The van der Waals surface area contributed by atoms with Crippen molar-refractivity contribution in [3.63, 3.8) is 0 Å². The normalized spacial score (nSPS) is 49.1. The summed E-state index contributed by atoms with van der Waals surface area (Å²) in [4.78, 5) is 0. The molecule has 0 spiro atoms. The average molecular weight is 284 g/mol. The molecule has 0 radical (unpaired) electrons. The highest BCUT2D eigenvalue weighted by molar-refractivity contribution is 5.27. The lowest BCUT2D eigenvalue weighted by Crippen LogP contribution is -2.43. The molecule has 0 aromatic carbocycles. The maximum absolute atomic E-state index is 9.95. The van der Waals surface area contributed by atoms with Crippen molar-refractivity contribution < 1.29 is 5.11 Å². The van der Waals surface area contributed by atoms with Gasteiger partial charge in [0.1, 0.15) is 0 Å². The van der Waals surface area contributed by atoms with Crippen LogP contribution in [0.5, 0.6) is 0 Å². The Kier molecular flexibility index (Phi) is 3.23. The van der Waals surface area contributed by atoms with Gasteiger partial charge in [-0.1, -0.05) is 18.1 Å². The van der Waals surface area contributed by atoms with Crippen LogP contribution in [-0.2, 0) is 0 Å². The van der Waals surface area contributed by atoms with Crippen LogP contribution >= 0.6 is 0 Å². The minimum absolute atomic E-state index is 0.0635. The Hall–Kier alpha value is -0.740. The number of aliphatic hydroxyl groups is 1. The Morgan fingerprint density at radius 1 is 1.14 bits per heavy atom. The molecule has 0 aromatic rings. The third kappa shape index (κ3) is 1.95. The molecule has 0 amide bonds. The van der Waals surface area contributed by atoms with E-state index in [0.29, 0.717) is 11.3 Å². The molecule has 2 saturated carbocycles. The van der Waals surface area contributed by atoms with Crippen molar-refractivity contribution in [3.8, 4) is 12.3 Å². The van der Waals surface area contributed by atoms with E-state index in [1.807, 2.05) is 0 Å². The van der Waals surface area contributed by atoms with Gasteiger partial charge in [0, 0.05) is 5.92 Å². The van der Waals surface area contributed by atoms with Gasteiger partial charge in [-0.25, -0.2) is 0 Å². The number of hydrogen-bond donors (Lipinski definition) is 1. The van der Waals surface area contributed by atoms with Gasteiger partial charge in [0.05, 0.1) is 6.10 Å². The minimum Gasteiger partial charge on any atom is -0.393 e. The molecule has 0 aromatic heterocycles. The Labute approximate surface area is 129 Å². The van der Waals surface area contributed by atoms with Crippen LogP contribution in [0.4, 0.5) is 0 Å². The number of terminal acetylenes is 1. The number of allylic oxidation sites excluding steroid dienone is 1. The third-order valence-electron chi connectivity index (χ3n) is 7.55. The van der Waals surface area contributed by atoms with Crippen LogP contribution in [0.3, 0.4) is 0 Å². The quantitative estimate of drug-likeness (QED) is 0.519. The fraction of sp³-hybridized carbons (Fsp3) is 0.800. The summed E-state index contributed by atoms with van der Waals surface area (Å²) >= 11 is 0. The van der Waals surface area contributed by atoms with Crippen molar-refractivity contribution in [1.29, 1.82) is 0 Å². The van der Waals surface area contributed by atoms with Gasteiger partial charge in [0.2, 0.25) is 0 Å². The van der Waals surface area contributed by atoms with Gasteiger partial charge in [-0.15, -0.1) is 12.3 Å². The number of aliphatic hydroxyl groups excluding tert-OH is 1. The SMILES string of the molecule is C#C[C@H]1CCC2C3CCC4=C(CC[C@H](O)C4)C3CC[C@@]21C. The number of hydrogen-bond acceptors (Lipinski definition) is 1. The lowest BCUT2D eigenvalue weighted by atomic mass is 9.53. The number of fused-ring (bicyclic) bond motifs is 4. The molecule has 6 atom stereocenters. The largest absolute Gasteiger partial charge is 0.393 e. The minimum atomic E-state index is -0.0635. The van der Waals surface area contributed by atoms with Crippen molar-refractivity contribution in [2.75, 3.05) is 0 Å². The first-order valence-corrected chi connectivity index (χ1v) is 8.98. The first-order chi connectivity index (χ1) is 10.1. The predicted molar refractivity (Wildman–Crippen MR) is 85.5 cm³/mol. The van der Waals surface area contributed by atoms with Gasteiger partial charge in [-0.3, -0.25) is 0 Å². The fourth-order valence-electron chi connectivity index (χ4n) is 6.46. The zero-order valence-corrected chi connectivity index (χ0v) is 13.3. The second-order valence-electron chi connectivity index (χ2n) is 8.28. The first-order valence-electron chi connectivity index (χ1n) is 8.98. The van der Waals surface area contributed by atoms with E-state index in [-0.39, 0.29) is 6.10 Å². The molecule has 1 N–H and O–H groups in total. The van der Waals surface area contributed by atoms with E-state index in [2.05, 4.69) is 12.8 Å². The van der Waals surface area contributed by atoms with Crippen molar-refractivity contribution in [2.45, 2.75) is 70.8 Å². The monoisotopic (exact) mass is 284 g/mol. The van der Waals surface area contributed by atoms with Crippen molar-refractivity contribution >= 4 is 0 Å². The highest BCUT2D eigenvalue weighted by Gasteiger charge is 2.54. The molecule has 21 heavy (non-hydrogen) atoms. The van der Waals surface area contributed by atoms with Crippen molar-refractivity contribution in [2.24, 2.45) is 29.1 Å². The Morgan fingerprint density at radius 3 is 2.81 bits per heavy atom. The summed E-state index contributed by atoms with van der Waals surface area (Å²) in [5.74, 6) is 6.21. The molecule has 2 fully saturated rings. The highest BCUT2D eigenvalue weighted by atomic mass is 16.3. The van der Waals surface area contributed by atoms with Crippen LogP contribution in [0, 0.1) is 41.4 Å². The summed E-state index contributed by atoms with van der Waals surface area (Å²) in [7, 11) is 0. The predicted octanol–water partition coefficient (Wildman–Crippen LogP) is 4.31. The standard InChI is InChI=1S/C20H28O/c1-3-14-5-9-19-18-7-4-13-12-15(21)6-8-16(13)17(18)10-11-20(14,19)2/h1,14-15,17-19,21H,4-12H2,2H3/t14-,15-,17?,18?,19?,20+/m0/s1. The molecule has 114 valence electrons. The summed E-state index contributed by atoms with van der Waals surface area (Å²) in [6.07, 6.45) is 16.8. The zero-order chi connectivity index (χ0) is 14.6. The molecule has 1 nitrogen and oxygen atoms in total. The topological polar surface area (TPSA) is 20.2 Å². The smallest absolute Gasteiger partial charge is 0.0580 e. The van der Waals surface area contributed by atoms with Gasteiger partial charge >= 0.3 is 0 Å². The molecule has 1 heteroatoms. The molecule has 4 aliphatic carbocycles. The van der Waals surface area contributed by atoms with Gasteiger partial charge in [0.15, 0.2) is 0 Å². The third-order valence-corrected chi connectivity index (χ3v) is 7.55. The number of rotatable bonds is 0. The maximum atomic E-state index is 9.95. The molecule has 0 saturated heterocycles. The van der Waals surface area contributed by atoms with E-state index in [4.69, 9.17) is 6.42 Å². The molecular weight excluding hydrogens is 256 g/mol. The second-order valence-corrected chi connectivity index (χ2v) is 8.28. The van der Waals surface area contributed by atoms with Gasteiger partial charge in [-0.2, -0.15) is 0 Å². The van der Waals surface area contributed by atoms with Crippen molar-refractivity contribution in [3.05, 3.63) is 11.1 Å². The Bertz CT molecular complexity index is 510. The Morgan fingerprint density at radius 2 is 2.00 bits per heavy atom. The van der Waals surface area contributed by atoms with Crippen LogP contribution in [0.1, 0.15) is 64.7 Å². The van der Waals surface area contributed by atoms with Gasteiger partial charge in [-0.05, 0) is 81.0 Å². The fourth-order valence-corrected chi connectivity index (χ4v) is 6.46. The lowest BCUT2D eigenvalue weighted by Gasteiger charge is -2.51. The summed E-state index contributed by atoms with van der Waals surface area (Å²) < 4.78 is 0.